The maximum atomic E-state index is 12.2. The molecule has 0 bridgehead atoms. The number of nitrogens with zero attached hydrogens (tertiary/aromatic N) is 3. The fourth-order valence-corrected chi connectivity index (χ4v) is 1.97. The maximum absolute atomic E-state index is 12.2. The Bertz CT molecular complexity index is 529. The largest absolute Gasteiger partial charge is 0.378 e. The highest BCUT2D eigenvalue weighted by atomic mass is 35.5. The van der Waals surface area contributed by atoms with E-state index in [-0.39, 0.29) is 31.5 Å². The number of hydrogen-bond acceptors (Lipinski definition) is 3. The Labute approximate surface area is 143 Å². The van der Waals surface area contributed by atoms with Gasteiger partial charge in [0, 0.05) is 44.6 Å². The van der Waals surface area contributed by atoms with E-state index in [0.29, 0.717) is 6.54 Å². The molecule has 0 aliphatic heterocycles. The zero-order valence-electron chi connectivity index (χ0n) is 12.8. The van der Waals surface area contributed by atoms with E-state index >= 15 is 0 Å². The molecule has 1 aromatic carbocycles. The fourth-order valence-electron chi connectivity index (χ4n) is 1.97. The van der Waals surface area contributed by atoms with Gasteiger partial charge in [-0.3, -0.25) is 4.68 Å². The van der Waals surface area contributed by atoms with E-state index in [1.54, 1.807) is 10.9 Å². The lowest BCUT2D eigenvalue weighted by Gasteiger charge is -2.12. The molecule has 0 amide bonds. The number of anilines is 1. The van der Waals surface area contributed by atoms with Gasteiger partial charge < -0.3 is 10.2 Å². The van der Waals surface area contributed by atoms with Gasteiger partial charge in [0.15, 0.2) is 0 Å². The summed E-state index contributed by atoms with van der Waals surface area (Å²) >= 11 is 0. The van der Waals surface area contributed by atoms with Crippen molar-refractivity contribution in [2.24, 2.45) is 0 Å². The average Bonchev–Trinajstić information content (AvgIpc) is 2.87. The summed E-state index contributed by atoms with van der Waals surface area (Å²) in [4.78, 5) is 2.08. The minimum atomic E-state index is -0.382. The van der Waals surface area contributed by atoms with E-state index in [0.717, 1.165) is 18.7 Å². The maximum Gasteiger partial charge on any atom is 0.109 e. The first-order valence-corrected chi connectivity index (χ1v) is 6.73. The average molecular weight is 349 g/mol. The number of aryl methyl sites for hydroxylation is 1. The topological polar surface area (TPSA) is 33.1 Å². The molecule has 0 aliphatic rings. The third-order valence-corrected chi connectivity index (χ3v) is 3.11. The van der Waals surface area contributed by atoms with Crippen LogP contribution in [0.4, 0.5) is 10.1 Å². The van der Waals surface area contributed by atoms with Crippen LogP contribution in [0.15, 0.2) is 36.7 Å². The molecule has 0 unspecified atom stereocenters. The molecule has 7 heteroatoms. The van der Waals surface area contributed by atoms with Gasteiger partial charge in [0.2, 0.25) is 0 Å². The second kappa shape index (κ2) is 10.4. The number of halogens is 3. The summed E-state index contributed by atoms with van der Waals surface area (Å²) in [6.07, 6.45) is 3.65. The van der Waals surface area contributed by atoms with Gasteiger partial charge in [-0.15, -0.1) is 24.8 Å². The molecule has 0 atom stereocenters. The first-order chi connectivity index (χ1) is 9.69. The molecule has 1 N–H and O–H groups in total. The summed E-state index contributed by atoms with van der Waals surface area (Å²) < 4.78 is 13.8. The third-order valence-electron chi connectivity index (χ3n) is 3.11. The van der Waals surface area contributed by atoms with Gasteiger partial charge in [-0.05, 0) is 17.7 Å². The van der Waals surface area contributed by atoms with E-state index in [1.165, 1.54) is 11.3 Å². The Hall–Kier alpha value is -1.30. The van der Waals surface area contributed by atoms with Gasteiger partial charge in [0.05, 0.1) is 12.7 Å². The van der Waals surface area contributed by atoms with Crippen LogP contribution >= 0.6 is 24.8 Å². The summed E-state index contributed by atoms with van der Waals surface area (Å²) in [5, 5.41) is 7.46. The number of benzene rings is 1. The smallest absolute Gasteiger partial charge is 0.109 e. The van der Waals surface area contributed by atoms with Gasteiger partial charge in [-0.1, -0.05) is 12.1 Å². The molecule has 22 heavy (non-hydrogen) atoms. The van der Waals surface area contributed by atoms with Crippen molar-refractivity contribution in [3.05, 3.63) is 47.8 Å². The van der Waals surface area contributed by atoms with Crippen molar-refractivity contribution in [3.63, 3.8) is 0 Å². The standard InChI is InChI=1S/C15H21FN4.2ClH/c1-19(2)15-5-3-13(4-6-15)9-17-10-14-11-18-20(12-14)8-7-16;;/h3-6,11-12,17H,7-10H2,1-2H3;2*1H. The summed E-state index contributed by atoms with van der Waals surface area (Å²) in [6.45, 7) is 1.49. The molecule has 0 aliphatic carbocycles. The van der Waals surface area contributed by atoms with Crippen LogP contribution in [0.1, 0.15) is 11.1 Å². The molecular formula is C15H23Cl2FN4. The fraction of sp³-hybridized carbons (Fsp3) is 0.400. The van der Waals surface area contributed by atoms with E-state index in [4.69, 9.17) is 0 Å². The van der Waals surface area contributed by atoms with Crippen molar-refractivity contribution in [3.8, 4) is 0 Å². The second-order valence-electron chi connectivity index (χ2n) is 4.97. The van der Waals surface area contributed by atoms with Gasteiger partial charge in [-0.25, -0.2) is 4.39 Å². The second-order valence-corrected chi connectivity index (χ2v) is 4.97. The summed E-state index contributed by atoms with van der Waals surface area (Å²) in [5.74, 6) is 0. The van der Waals surface area contributed by atoms with Crippen molar-refractivity contribution in [2.45, 2.75) is 19.6 Å². The van der Waals surface area contributed by atoms with Crippen LogP contribution in [-0.4, -0.2) is 30.6 Å². The predicted molar refractivity (Wildman–Crippen MR) is 94.0 cm³/mol. The van der Waals surface area contributed by atoms with Crippen LogP contribution in [0.5, 0.6) is 0 Å². The van der Waals surface area contributed by atoms with Crippen LogP contribution in [0.25, 0.3) is 0 Å². The lowest BCUT2D eigenvalue weighted by Crippen LogP contribution is -2.13. The minimum absolute atomic E-state index is 0. The van der Waals surface area contributed by atoms with E-state index in [9.17, 15) is 4.39 Å². The van der Waals surface area contributed by atoms with E-state index in [2.05, 4.69) is 39.6 Å². The number of alkyl halides is 1. The lowest BCUT2D eigenvalue weighted by atomic mass is 10.2. The molecule has 0 spiro atoms. The Balaban J connectivity index is 0.00000220. The SMILES string of the molecule is CN(C)c1ccc(CNCc2cnn(CCF)c2)cc1.Cl.Cl. The molecule has 124 valence electrons. The van der Waals surface area contributed by atoms with Crippen molar-refractivity contribution < 1.29 is 4.39 Å². The molecule has 2 aromatic rings. The number of aromatic nitrogens is 2. The third kappa shape index (κ3) is 6.22. The first-order valence-electron chi connectivity index (χ1n) is 6.73. The lowest BCUT2D eigenvalue weighted by molar-refractivity contribution is 0.427. The zero-order valence-corrected chi connectivity index (χ0v) is 14.5. The van der Waals surface area contributed by atoms with Crippen LogP contribution in [-0.2, 0) is 19.6 Å². The van der Waals surface area contributed by atoms with Crippen molar-refractivity contribution in [2.75, 3.05) is 25.7 Å². The Morgan fingerprint density at radius 2 is 1.73 bits per heavy atom. The molecular weight excluding hydrogens is 326 g/mol. The van der Waals surface area contributed by atoms with Gasteiger partial charge in [0.1, 0.15) is 6.67 Å². The molecule has 0 fully saturated rings. The Morgan fingerprint density at radius 1 is 1.09 bits per heavy atom. The zero-order chi connectivity index (χ0) is 14.4. The Morgan fingerprint density at radius 3 is 2.32 bits per heavy atom. The van der Waals surface area contributed by atoms with Crippen LogP contribution in [0.2, 0.25) is 0 Å². The summed E-state index contributed by atoms with van der Waals surface area (Å²) in [7, 11) is 4.06. The first kappa shape index (κ1) is 20.7. The highest BCUT2D eigenvalue weighted by Gasteiger charge is 1.99. The van der Waals surface area contributed by atoms with Crippen LogP contribution < -0.4 is 10.2 Å². The van der Waals surface area contributed by atoms with Gasteiger partial charge >= 0.3 is 0 Å². The van der Waals surface area contributed by atoms with E-state index < -0.39 is 0 Å². The van der Waals surface area contributed by atoms with Gasteiger partial charge in [0.25, 0.3) is 0 Å². The number of hydrogen-bond donors (Lipinski definition) is 1. The molecule has 4 nitrogen and oxygen atoms in total. The monoisotopic (exact) mass is 348 g/mol. The molecule has 2 rings (SSSR count). The molecule has 0 radical (unpaired) electrons. The number of nitrogens with one attached hydrogen (secondary N) is 1. The van der Waals surface area contributed by atoms with Crippen molar-refractivity contribution in [1.29, 1.82) is 0 Å². The quantitative estimate of drug-likeness (QED) is 0.834. The highest BCUT2D eigenvalue weighted by Crippen LogP contribution is 2.12. The molecule has 1 heterocycles. The highest BCUT2D eigenvalue weighted by molar-refractivity contribution is 5.85. The predicted octanol–water partition coefficient (Wildman–Crippen LogP) is 3.05. The van der Waals surface area contributed by atoms with Crippen molar-refractivity contribution in [1.82, 2.24) is 15.1 Å². The summed E-state index contributed by atoms with van der Waals surface area (Å²) in [5.41, 5.74) is 3.51. The Kier molecular flexibility index (Phi) is 9.81. The van der Waals surface area contributed by atoms with Crippen molar-refractivity contribution >= 4 is 30.5 Å². The molecule has 1 aromatic heterocycles. The van der Waals surface area contributed by atoms with Crippen LogP contribution in [0.3, 0.4) is 0 Å². The molecule has 0 saturated carbocycles. The number of rotatable bonds is 7. The molecule has 0 saturated heterocycles. The van der Waals surface area contributed by atoms with E-state index in [1.807, 2.05) is 20.3 Å². The normalized spacial score (nSPS) is 9.77. The van der Waals surface area contributed by atoms with Crippen LogP contribution in [0, 0.1) is 0 Å². The summed E-state index contributed by atoms with van der Waals surface area (Å²) in [6, 6.07) is 8.45. The minimum Gasteiger partial charge on any atom is -0.378 e. The van der Waals surface area contributed by atoms with Gasteiger partial charge in [-0.2, -0.15) is 5.10 Å².